The van der Waals surface area contributed by atoms with E-state index in [0.29, 0.717) is 51.5 Å². The fourth-order valence-corrected chi connectivity index (χ4v) is 6.34. The maximum Gasteiger partial charge on any atom is 0.270 e. The minimum Gasteiger partial charge on any atom is -0.403 e. The Hall–Kier alpha value is -2.81. The van der Waals surface area contributed by atoms with E-state index in [1.54, 1.807) is 6.07 Å². The predicted octanol–water partition coefficient (Wildman–Crippen LogP) is 4.69. The molecule has 182 valence electrons. The molecule has 1 amide bonds. The van der Waals surface area contributed by atoms with Gasteiger partial charge in [-0.05, 0) is 35.3 Å². The van der Waals surface area contributed by atoms with Crippen LogP contribution in [-0.4, -0.2) is 46.6 Å². The van der Waals surface area contributed by atoms with Gasteiger partial charge in [0.05, 0.1) is 17.0 Å². The summed E-state index contributed by atoms with van der Waals surface area (Å²) >= 11 is 1.16. The highest BCUT2D eigenvalue weighted by Crippen LogP contribution is 2.44. The molecule has 0 saturated carbocycles. The molecule has 2 aliphatic heterocycles. The van der Waals surface area contributed by atoms with Gasteiger partial charge in [0.2, 0.25) is 5.95 Å². The Morgan fingerprint density at radius 3 is 2.68 bits per heavy atom. The number of aromatic nitrogens is 2. The SMILES string of the molecule is CC1CN(c2ccc(-c3nc4c(s3)C(=O)N(/C(C=N)=C/N)CC4)c(F)n2)CC(C)(C)CC1(C)C. The number of nitrogens with one attached hydrogen (secondary N) is 1. The second-order valence-electron chi connectivity index (χ2n) is 10.9. The quantitative estimate of drug-likeness (QED) is 0.484. The van der Waals surface area contributed by atoms with Crippen LogP contribution in [0.2, 0.25) is 0 Å². The average molecular weight is 485 g/mol. The number of nitrogens with zero attached hydrogens (tertiary/aromatic N) is 4. The number of allylic oxidation sites excluding steroid dienone is 1. The normalized spacial score (nSPS) is 22.4. The molecular weight excluding hydrogens is 451 g/mol. The van der Waals surface area contributed by atoms with Crippen molar-refractivity contribution in [2.45, 2.75) is 47.5 Å². The molecule has 1 saturated heterocycles. The molecule has 2 aromatic rings. The highest BCUT2D eigenvalue weighted by atomic mass is 32.1. The molecule has 1 fully saturated rings. The van der Waals surface area contributed by atoms with Crippen molar-refractivity contribution in [2.24, 2.45) is 22.5 Å². The van der Waals surface area contributed by atoms with Crippen LogP contribution in [0, 0.1) is 28.1 Å². The zero-order valence-corrected chi connectivity index (χ0v) is 21.3. The Bertz CT molecular complexity index is 1150. The molecule has 0 aromatic carbocycles. The highest BCUT2D eigenvalue weighted by molar-refractivity contribution is 7.17. The molecular formula is C25H33FN6OS. The van der Waals surface area contributed by atoms with Crippen LogP contribution in [0.5, 0.6) is 0 Å². The Morgan fingerprint density at radius 1 is 1.29 bits per heavy atom. The van der Waals surface area contributed by atoms with Crippen LogP contribution in [-0.2, 0) is 6.42 Å². The van der Waals surface area contributed by atoms with Gasteiger partial charge in [-0.1, -0.05) is 34.6 Å². The zero-order valence-electron chi connectivity index (χ0n) is 20.5. The number of hydrogen-bond donors (Lipinski definition) is 2. The lowest BCUT2D eigenvalue weighted by Gasteiger charge is -2.34. The molecule has 2 aliphatic rings. The van der Waals surface area contributed by atoms with Gasteiger partial charge in [-0.25, -0.2) is 9.97 Å². The van der Waals surface area contributed by atoms with Crippen molar-refractivity contribution in [3.63, 3.8) is 0 Å². The maximum absolute atomic E-state index is 15.3. The smallest absolute Gasteiger partial charge is 0.270 e. The average Bonchev–Trinajstić information content (AvgIpc) is 3.16. The van der Waals surface area contributed by atoms with E-state index in [2.05, 4.69) is 49.5 Å². The summed E-state index contributed by atoms with van der Waals surface area (Å²) in [5, 5.41) is 7.91. The lowest BCUT2D eigenvalue weighted by Crippen LogP contribution is -2.37. The van der Waals surface area contributed by atoms with Crippen LogP contribution in [0.25, 0.3) is 10.6 Å². The van der Waals surface area contributed by atoms with Crippen molar-refractivity contribution >= 4 is 29.3 Å². The van der Waals surface area contributed by atoms with Gasteiger partial charge in [0.15, 0.2) is 0 Å². The third-order valence-corrected chi connectivity index (χ3v) is 8.23. The van der Waals surface area contributed by atoms with Crippen molar-refractivity contribution in [2.75, 3.05) is 24.5 Å². The molecule has 2 aromatic heterocycles. The van der Waals surface area contributed by atoms with E-state index in [0.717, 1.165) is 37.1 Å². The van der Waals surface area contributed by atoms with Gasteiger partial charge in [0.1, 0.15) is 15.7 Å². The van der Waals surface area contributed by atoms with Crippen molar-refractivity contribution < 1.29 is 9.18 Å². The molecule has 0 aliphatic carbocycles. The number of rotatable bonds is 4. The molecule has 0 radical (unpaired) electrons. The molecule has 4 rings (SSSR count). The van der Waals surface area contributed by atoms with E-state index in [-0.39, 0.29) is 16.7 Å². The number of halogens is 1. The van der Waals surface area contributed by atoms with Gasteiger partial charge in [-0.2, -0.15) is 4.39 Å². The van der Waals surface area contributed by atoms with Gasteiger partial charge >= 0.3 is 0 Å². The maximum atomic E-state index is 15.3. The van der Waals surface area contributed by atoms with E-state index in [1.165, 1.54) is 11.1 Å². The van der Waals surface area contributed by atoms with E-state index >= 15 is 4.39 Å². The van der Waals surface area contributed by atoms with E-state index in [4.69, 9.17) is 11.1 Å². The lowest BCUT2D eigenvalue weighted by molar-refractivity contribution is 0.0805. The Morgan fingerprint density at radius 2 is 2.03 bits per heavy atom. The van der Waals surface area contributed by atoms with Gasteiger partial charge in [-0.3, -0.25) is 4.79 Å². The van der Waals surface area contributed by atoms with Gasteiger partial charge < -0.3 is 20.9 Å². The number of thiazole rings is 1. The number of pyridine rings is 1. The predicted molar refractivity (Wildman–Crippen MR) is 135 cm³/mol. The first-order valence-corrected chi connectivity index (χ1v) is 12.4. The largest absolute Gasteiger partial charge is 0.403 e. The van der Waals surface area contributed by atoms with Gasteiger partial charge in [0, 0.05) is 38.5 Å². The number of nitrogens with two attached hydrogens (primary N) is 1. The van der Waals surface area contributed by atoms with E-state index < -0.39 is 5.95 Å². The number of fused-ring (bicyclic) bond motifs is 1. The van der Waals surface area contributed by atoms with Crippen molar-refractivity contribution in [1.82, 2.24) is 14.9 Å². The molecule has 0 spiro atoms. The van der Waals surface area contributed by atoms with E-state index in [1.807, 2.05) is 6.07 Å². The summed E-state index contributed by atoms with van der Waals surface area (Å²) in [4.78, 5) is 25.9. The highest BCUT2D eigenvalue weighted by Gasteiger charge is 2.39. The fraction of sp³-hybridized carbons (Fsp3) is 0.520. The van der Waals surface area contributed by atoms with Crippen molar-refractivity contribution in [3.8, 4) is 10.6 Å². The molecule has 3 N–H and O–H groups in total. The molecule has 1 unspecified atom stereocenters. The molecule has 0 bridgehead atoms. The summed E-state index contributed by atoms with van der Waals surface area (Å²) in [5.41, 5.74) is 7.11. The second kappa shape index (κ2) is 8.76. The molecule has 34 heavy (non-hydrogen) atoms. The van der Waals surface area contributed by atoms with Crippen LogP contribution in [0.1, 0.15) is 56.4 Å². The standard InChI is InChI=1S/C25H33FN6OS/c1-15-12-31(14-24(2,3)13-25(15,4)5)19-7-6-17(21(26)30-19)22-29-18-8-9-32(16(10-27)11-28)23(33)20(18)34-22/h6-7,10-11,15,27H,8-9,12-14,28H2,1-5H3/b16-11+,27-10?. The van der Waals surface area contributed by atoms with Crippen molar-refractivity contribution in [3.05, 3.63) is 40.5 Å². The number of anilines is 1. The van der Waals surface area contributed by atoms with Crippen molar-refractivity contribution in [1.29, 1.82) is 5.41 Å². The van der Waals surface area contributed by atoms with Crippen LogP contribution < -0.4 is 10.6 Å². The molecule has 4 heterocycles. The van der Waals surface area contributed by atoms with Crippen LogP contribution >= 0.6 is 11.3 Å². The fourth-order valence-electron chi connectivity index (χ4n) is 5.26. The molecule has 1 atom stereocenters. The van der Waals surface area contributed by atoms with Gasteiger partial charge in [0.25, 0.3) is 5.91 Å². The minimum absolute atomic E-state index is 0.0823. The molecule has 9 heteroatoms. The lowest BCUT2D eigenvalue weighted by atomic mass is 9.70. The summed E-state index contributed by atoms with van der Waals surface area (Å²) in [6, 6.07) is 3.58. The van der Waals surface area contributed by atoms with Gasteiger partial charge in [-0.15, -0.1) is 11.3 Å². The third-order valence-electron chi connectivity index (χ3n) is 7.11. The number of amides is 1. The number of carbonyl (C=O) groups excluding carboxylic acids is 1. The summed E-state index contributed by atoms with van der Waals surface area (Å²) in [7, 11) is 0. The van der Waals surface area contributed by atoms with Crippen LogP contribution in [0.15, 0.2) is 24.0 Å². The summed E-state index contributed by atoms with van der Waals surface area (Å²) < 4.78 is 15.3. The first kappa shape index (κ1) is 24.3. The minimum atomic E-state index is -0.580. The van der Waals surface area contributed by atoms with Crippen LogP contribution in [0.3, 0.4) is 0 Å². The zero-order chi connectivity index (χ0) is 24.8. The number of hydrogen-bond acceptors (Lipinski definition) is 7. The Kier molecular flexibility index (Phi) is 6.27. The topological polar surface area (TPSA) is 99.2 Å². The number of carbonyl (C=O) groups is 1. The summed E-state index contributed by atoms with van der Waals surface area (Å²) in [6.45, 7) is 13.4. The monoisotopic (exact) mass is 484 g/mol. The first-order valence-electron chi connectivity index (χ1n) is 11.6. The Labute approximate surface area is 204 Å². The third kappa shape index (κ3) is 4.45. The summed E-state index contributed by atoms with van der Waals surface area (Å²) in [6.07, 6.45) is 3.91. The Balaban J connectivity index is 1.63. The molecule has 7 nitrogen and oxygen atoms in total. The summed E-state index contributed by atoms with van der Waals surface area (Å²) in [5.74, 6) is 0.223. The second-order valence-corrected chi connectivity index (χ2v) is 11.9. The van der Waals surface area contributed by atoms with Crippen LogP contribution in [0.4, 0.5) is 10.2 Å². The first-order chi connectivity index (χ1) is 16.0. The van der Waals surface area contributed by atoms with E-state index in [9.17, 15) is 4.79 Å².